The molecule has 0 radical (unpaired) electrons. The first kappa shape index (κ1) is 19.3. The van der Waals surface area contributed by atoms with Gasteiger partial charge in [0.1, 0.15) is 11.5 Å². The van der Waals surface area contributed by atoms with Crippen LogP contribution in [0, 0.1) is 24.0 Å². The predicted octanol–water partition coefficient (Wildman–Crippen LogP) is 3.19. The molecule has 28 heavy (non-hydrogen) atoms. The summed E-state index contributed by atoms with van der Waals surface area (Å²) in [5.41, 5.74) is 1.48. The Balaban J connectivity index is 1.76. The van der Waals surface area contributed by atoms with Gasteiger partial charge in [0.15, 0.2) is 5.65 Å². The Hall–Kier alpha value is -3.44. The fraction of sp³-hybridized carbons (Fsp3) is 0.312. The molecule has 0 amide bonds. The second-order valence-corrected chi connectivity index (χ2v) is 5.98. The lowest BCUT2D eigenvalue weighted by Gasteiger charge is -2.13. The largest absolute Gasteiger partial charge is 0.453 e. The summed E-state index contributed by atoms with van der Waals surface area (Å²) in [4.78, 5) is 10.5. The van der Waals surface area contributed by atoms with Crippen LogP contribution in [0.5, 0.6) is 0 Å². The number of nitro groups is 1. The number of alkyl halides is 3. The van der Waals surface area contributed by atoms with Crippen LogP contribution in [0.1, 0.15) is 17.0 Å². The Morgan fingerprint density at radius 2 is 1.79 bits per heavy atom. The van der Waals surface area contributed by atoms with Gasteiger partial charge in [-0.1, -0.05) is 12.1 Å². The van der Waals surface area contributed by atoms with E-state index >= 15 is 0 Å². The molecular weight excluding hydrogens is 379 g/mol. The van der Waals surface area contributed by atoms with Gasteiger partial charge in [-0.2, -0.15) is 17.7 Å². The zero-order chi connectivity index (χ0) is 20.5. The van der Waals surface area contributed by atoms with Crippen LogP contribution in [-0.4, -0.2) is 37.8 Å². The molecule has 0 aliphatic carbocycles. The summed E-state index contributed by atoms with van der Waals surface area (Å²) >= 11 is 0. The predicted molar refractivity (Wildman–Crippen MR) is 95.3 cm³/mol. The Labute approximate surface area is 156 Å². The number of nitro benzene ring substituents is 1. The molecule has 0 saturated carbocycles. The standard InChI is InChI=1S/C16H16F3N7O2/c1-9-10(2)14-22-23-15(16(17,18)19)25(14)24-13(9)21-8-7-20-11-5-3-4-6-12(11)26(27)28/h3-6,20H,7-8H2,1-2H3,(H,21,24). The third-order valence-corrected chi connectivity index (χ3v) is 4.18. The second-order valence-electron chi connectivity index (χ2n) is 5.98. The van der Waals surface area contributed by atoms with Crippen molar-refractivity contribution in [1.29, 1.82) is 0 Å². The number of hydrogen-bond donors (Lipinski definition) is 2. The van der Waals surface area contributed by atoms with Crippen LogP contribution in [0.3, 0.4) is 0 Å². The molecule has 0 aliphatic rings. The summed E-state index contributed by atoms with van der Waals surface area (Å²) in [5.74, 6) is -0.952. The van der Waals surface area contributed by atoms with Gasteiger partial charge in [-0.05, 0) is 25.5 Å². The SMILES string of the molecule is Cc1c(NCCNc2ccccc2[N+](=O)[O-])nn2c(C(F)(F)F)nnc2c1C. The molecule has 2 N–H and O–H groups in total. The van der Waals surface area contributed by atoms with Crippen LogP contribution in [0.25, 0.3) is 5.65 Å². The molecule has 0 spiro atoms. The van der Waals surface area contributed by atoms with Crippen LogP contribution >= 0.6 is 0 Å². The van der Waals surface area contributed by atoms with Crippen LogP contribution in [0.2, 0.25) is 0 Å². The van der Waals surface area contributed by atoms with Gasteiger partial charge in [-0.25, -0.2) is 0 Å². The minimum absolute atomic E-state index is 0.0356. The maximum absolute atomic E-state index is 13.1. The lowest BCUT2D eigenvalue weighted by atomic mass is 10.2. The van der Waals surface area contributed by atoms with E-state index in [1.54, 1.807) is 32.0 Å². The number of nitrogens with one attached hydrogen (secondary N) is 2. The highest BCUT2D eigenvalue weighted by Gasteiger charge is 2.38. The van der Waals surface area contributed by atoms with E-state index in [0.717, 1.165) is 0 Å². The smallest absolute Gasteiger partial charge is 0.378 e. The summed E-state index contributed by atoms with van der Waals surface area (Å²) in [5, 5.41) is 27.6. The molecule has 3 rings (SSSR count). The molecule has 0 fully saturated rings. The second kappa shape index (κ2) is 7.29. The lowest BCUT2D eigenvalue weighted by Crippen LogP contribution is -2.18. The van der Waals surface area contributed by atoms with E-state index in [9.17, 15) is 23.3 Å². The Morgan fingerprint density at radius 1 is 1.11 bits per heavy atom. The van der Waals surface area contributed by atoms with E-state index in [-0.39, 0.29) is 30.2 Å². The molecule has 2 aromatic heterocycles. The van der Waals surface area contributed by atoms with Crippen molar-refractivity contribution in [3.8, 4) is 0 Å². The Bertz CT molecular complexity index is 1030. The molecular formula is C16H16F3N7O2. The summed E-state index contributed by atoms with van der Waals surface area (Å²) in [6, 6.07) is 6.18. The zero-order valence-electron chi connectivity index (χ0n) is 14.9. The minimum atomic E-state index is -4.68. The highest BCUT2D eigenvalue weighted by molar-refractivity contribution is 5.61. The first-order valence-corrected chi connectivity index (χ1v) is 8.21. The average molecular weight is 395 g/mol. The van der Waals surface area contributed by atoms with Crippen molar-refractivity contribution >= 4 is 22.8 Å². The van der Waals surface area contributed by atoms with Gasteiger partial charge in [0.05, 0.1) is 4.92 Å². The summed E-state index contributed by atoms with van der Waals surface area (Å²) in [7, 11) is 0. The van der Waals surface area contributed by atoms with Gasteiger partial charge in [-0.15, -0.1) is 15.3 Å². The number of rotatable bonds is 6. The number of aryl methyl sites for hydroxylation is 1. The van der Waals surface area contributed by atoms with Gasteiger partial charge < -0.3 is 10.6 Å². The molecule has 0 aliphatic heterocycles. The van der Waals surface area contributed by atoms with E-state index in [0.29, 0.717) is 21.3 Å². The number of fused-ring (bicyclic) bond motifs is 1. The van der Waals surface area contributed by atoms with Crippen molar-refractivity contribution in [3.05, 3.63) is 51.3 Å². The molecule has 0 bridgehead atoms. The van der Waals surface area contributed by atoms with Gasteiger partial charge in [0.2, 0.25) is 0 Å². The van der Waals surface area contributed by atoms with E-state index in [1.807, 2.05) is 0 Å². The molecule has 3 aromatic rings. The van der Waals surface area contributed by atoms with Crippen LogP contribution in [-0.2, 0) is 6.18 Å². The number of aromatic nitrogens is 4. The molecule has 0 saturated heterocycles. The first-order chi connectivity index (χ1) is 13.2. The van der Waals surface area contributed by atoms with Crippen LogP contribution in [0.15, 0.2) is 24.3 Å². The van der Waals surface area contributed by atoms with E-state index in [2.05, 4.69) is 25.9 Å². The molecule has 148 valence electrons. The molecule has 0 unspecified atom stereocenters. The van der Waals surface area contributed by atoms with Gasteiger partial charge in [0.25, 0.3) is 11.5 Å². The third kappa shape index (κ3) is 3.66. The molecule has 12 heteroatoms. The Kier molecular flexibility index (Phi) is 5.03. The number of halogens is 3. The number of hydrogen-bond acceptors (Lipinski definition) is 7. The summed E-state index contributed by atoms with van der Waals surface area (Å²) in [6.45, 7) is 3.91. The maximum atomic E-state index is 13.1. The topological polar surface area (TPSA) is 110 Å². The fourth-order valence-electron chi connectivity index (χ4n) is 2.63. The molecule has 9 nitrogen and oxygen atoms in total. The molecule has 1 aromatic carbocycles. The van der Waals surface area contributed by atoms with Gasteiger partial charge in [-0.3, -0.25) is 10.1 Å². The highest BCUT2D eigenvalue weighted by atomic mass is 19.4. The first-order valence-electron chi connectivity index (χ1n) is 8.21. The summed E-state index contributed by atoms with van der Waals surface area (Å²) < 4.78 is 39.9. The van der Waals surface area contributed by atoms with Crippen LogP contribution < -0.4 is 10.6 Å². The van der Waals surface area contributed by atoms with Crippen molar-refractivity contribution in [3.63, 3.8) is 0 Å². The van der Waals surface area contributed by atoms with Gasteiger partial charge >= 0.3 is 6.18 Å². The maximum Gasteiger partial charge on any atom is 0.453 e. The van der Waals surface area contributed by atoms with Crippen molar-refractivity contribution in [1.82, 2.24) is 19.8 Å². The third-order valence-electron chi connectivity index (χ3n) is 4.18. The zero-order valence-corrected chi connectivity index (χ0v) is 14.9. The fourth-order valence-corrected chi connectivity index (χ4v) is 2.63. The number of benzene rings is 1. The lowest BCUT2D eigenvalue weighted by molar-refractivity contribution is -0.384. The minimum Gasteiger partial charge on any atom is -0.378 e. The summed E-state index contributed by atoms with van der Waals surface area (Å²) in [6.07, 6.45) is -4.68. The Morgan fingerprint density at radius 3 is 2.46 bits per heavy atom. The monoisotopic (exact) mass is 395 g/mol. The van der Waals surface area contributed by atoms with Crippen molar-refractivity contribution in [2.24, 2.45) is 0 Å². The number of para-hydroxylation sites is 2. The van der Waals surface area contributed by atoms with E-state index < -0.39 is 16.9 Å². The van der Waals surface area contributed by atoms with Crippen molar-refractivity contribution in [2.75, 3.05) is 23.7 Å². The molecule has 2 heterocycles. The van der Waals surface area contributed by atoms with Crippen LogP contribution in [0.4, 0.5) is 30.4 Å². The highest BCUT2D eigenvalue weighted by Crippen LogP contribution is 2.29. The number of nitrogens with zero attached hydrogens (tertiary/aromatic N) is 5. The van der Waals surface area contributed by atoms with Gasteiger partial charge in [0, 0.05) is 24.7 Å². The number of anilines is 2. The van der Waals surface area contributed by atoms with Crippen molar-refractivity contribution < 1.29 is 18.1 Å². The van der Waals surface area contributed by atoms with E-state index in [1.165, 1.54) is 6.07 Å². The quantitative estimate of drug-likeness (QED) is 0.375. The molecule has 0 atom stereocenters. The van der Waals surface area contributed by atoms with Crippen molar-refractivity contribution in [2.45, 2.75) is 20.0 Å². The average Bonchev–Trinajstić information content (AvgIpc) is 3.07. The normalized spacial score (nSPS) is 11.6. The van der Waals surface area contributed by atoms with E-state index in [4.69, 9.17) is 0 Å².